The minimum atomic E-state index is -4.06. The summed E-state index contributed by atoms with van der Waals surface area (Å²) in [4.78, 5) is 40.4. The number of piperazine rings is 1. The summed E-state index contributed by atoms with van der Waals surface area (Å²) in [5.74, 6) is -0.861. The van der Waals surface area contributed by atoms with E-state index in [0.29, 0.717) is 42.9 Å². The number of hydrogen-bond acceptors (Lipinski definition) is 8. The SMILES string of the molecule is CC(=O)OCC12CN(S(=O)(=O)c3ccc4cc(Cl)ccc4c3)CC(=O)N1CC1(CCN(C(=O)OC(C)(C)C)CC1)S2. The summed E-state index contributed by atoms with van der Waals surface area (Å²) >= 11 is 7.57. The predicted molar refractivity (Wildman–Crippen MR) is 156 cm³/mol. The predicted octanol–water partition coefficient (Wildman–Crippen LogP) is 4.10. The van der Waals surface area contributed by atoms with E-state index in [2.05, 4.69) is 0 Å². The molecular formula is C28H34ClN3O7S2. The van der Waals surface area contributed by atoms with Crippen LogP contribution in [0.5, 0.6) is 0 Å². The van der Waals surface area contributed by atoms with E-state index >= 15 is 0 Å². The van der Waals surface area contributed by atoms with E-state index in [4.69, 9.17) is 21.1 Å². The van der Waals surface area contributed by atoms with Gasteiger partial charge in [0, 0.05) is 36.3 Å². The summed E-state index contributed by atoms with van der Waals surface area (Å²) < 4.78 is 39.5. The number of esters is 1. The lowest BCUT2D eigenvalue weighted by molar-refractivity contribution is -0.150. The number of benzene rings is 2. The third-order valence-corrected chi connectivity index (χ3v) is 11.5. The lowest BCUT2D eigenvalue weighted by atomic mass is 9.94. The van der Waals surface area contributed by atoms with Crippen LogP contribution in [0.3, 0.4) is 0 Å². The van der Waals surface area contributed by atoms with Crippen molar-refractivity contribution in [3.8, 4) is 0 Å². The van der Waals surface area contributed by atoms with Crippen LogP contribution in [0.15, 0.2) is 41.3 Å². The molecule has 0 saturated carbocycles. The van der Waals surface area contributed by atoms with Crippen molar-refractivity contribution in [3.05, 3.63) is 41.4 Å². The number of fused-ring (bicyclic) bond motifs is 2. The molecule has 3 aliphatic heterocycles. The third-order valence-electron chi connectivity index (χ3n) is 7.62. The molecule has 1 unspecified atom stereocenters. The minimum Gasteiger partial charge on any atom is -0.462 e. The van der Waals surface area contributed by atoms with Gasteiger partial charge in [-0.1, -0.05) is 23.7 Å². The number of carbonyl (C=O) groups is 3. The summed E-state index contributed by atoms with van der Waals surface area (Å²) in [6, 6.07) is 9.98. The second-order valence-corrected chi connectivity index (χ2v) is 16.1. The van der Waals surface area contributed by atoms with Crippen LogP contribution in [-0.4, -0.2) is 95.0 Å². The second-order valence-electron chi connectivity index (χ2n) is 11.9. The highest BCUT2D eigenvalue weighted by atomic mass is 35.5. The molecule has 2 aromatic carbocycles. The zero-order chi connectivity index (χ0) is 29.8. The Labute approximate surface area is 249 Å². The van der Waals surface area contributed by atoms with Gasteiger partial charge < -0.3 is 19.3 Å². The molecule has 0 radical (unpaired) electrons. The van der Waals surface area contributed by atoms with Crippen LogP contribution in [0.4, 0.5) is 4.79 Å². The molecule has 13 heteroatoms. The van der Waals surface area contributed by atoms with E-state index in [0.717, 1.165) is 5.39 Å². The number of thioether (sulfide) groups is 1. The molecule has 10 nitrogen and oxygen atoms in total. The van der Waals surface area contributed by atoms with Crippen molar-refractivity contribution >= 4 is 62.1 Å². The maximum absolute atomic E-state index is 13.9. The number of rotatable bonds is 4. The Balaban J connectivity index is 1.41. The van der Waals surface area contributed by atoms with Gasteiger partial charge in [-0.25, -0.2) is 13.2 Å². The number of likely N-dealkylation sites (tertiary alicyclic amines) is 1. The zero-order valence-corrected chi connectivity index (χ0v) is 25.9. The Hall–Kier alpha value is -2.54. The molecule has 3 saturated heterocycles. The van der Waals surface area contributed by atoms with Crippen molar-refractivity contribution in [2.24, 2.45) is 0 Å². The first-order valence-corrected chi connectivity index (χ1v) is 16.1. The molecular weight excluding hydrogens is 590 g/mol. The largest absolute Gasteiger partial charge is 0.462 e. The van der Waals surface area contributed by atoms with Crippen LogP contribution in [0.1, 0.15) is 40.5 Å². The van der Waals surface area contributed by atoms with Gasteiger partial charge in [0.15, 0.2) is 0 Å². The number of carbonyl (C=O) groups excluding carboxylic acids is 3. The van der Waals surface area contributed by atoms with Gasteiger partial charge in [-0.05, 0) is 68.7 Å². The van der Waals surface area contributed by atoms with Gasteiger partial charge in [-0.3, -0.25) is 9.59 Å². The Kier molecular flexibility index (Phi) is 7.76. The van der Waals surface area contributed by atoms with Gasteiger partial charge in [0.1, 0.15) is 17.1 Å². The highest BCUT2D eigenvalue weighted by Crippen LogP contribution is 2.54. The standard InChI is InChI=1S/C28H34ClN3O7S2/c1-19(33)38-18-28-17-31(41(36,37)23-8-6-20-13-22(29)7-5-21(20)14-23)15-24(34)32(28)16-27(40-28)9-11-30(12-10-27)25(35)39-26(2,3)4/h5-8,13-14H,9-12,15-18H2,1-4H3. The first-order valence-electron chi connectivity index (χ1n) is 13.4. The molecule has 2 aromatic rings. The molecule has 3 heterocycles. The van der Waals surface area contributed by atoms with Gasteiger partial charge in [-0.2, -0.15) is 4.31 Å². The lowest BCUT2D eigenvalue weighted by Gasteiger charge is -2.44. The first-order chi connectivity index (χ1) is 19.1. The van der Waals surface area contributed by atoms with E-state index in [1.54, 1.807) is 40.1 Å². The molecule has 1 spiro atoms. The van der Waals surface area contributed by atoms with Crippen LogP contribution in [0.25, 0.3) is 10.8 Å². The minimum absolute atomic E-state index is 0.0325. The number of amides is 2. The quantitative estimate of drug-likeness (QED) is 0.468. The summed E-state index contributed by atoms with van der Waals surface area (Å²) in [7, 11) is -4.06. The lowest BCUT2D eigenvalue weighted by Crippen LogP contribution is -2.63. The molecule has 0 aliphatic carbocycles. The monoisotopic (exact) mass is 623 g/mol. The molecule has 3 fully saturated rings. The number of piperidine rings is 1. The fourth-order valence-electron chi connectivity index (χ4n) is 5.65. The van der Waals surface area contributed by atoms with Crippen LogP contribution >= 0.6 is 23.4 Å². The van der Waals surface area contributed by atoms with E-state index in [9.17, 15) is 22.8 Å². The highest BCUT2D eigenvalue weighted by Gasteiger charge is 2.61. The first kappa shape index (κ1) is 29.9. The summed E-state index contributed by atoms with van der Waals surface area (Å²) in [5, 5.41) is 2.06. The smallest absolute Gasteiger partial charge is 0.410 e. The van der Waals surface area contributed by atoms with Crippen molar-refractivity contribution in [2.45, 2.75) is 60.7 Å². The van der Waals surface area contributed by atoms with Crippen molar-refractivity contribution in [1.82, 2.24) is 14.1 Å². The summed E-state index contributed by atoms with van der Waals surface area (Å²) in [6.07, 6.45) is 0.791. The van der Waals surface area contributed by atoms with E-state index in [1.165, 1.54) is 29.1 Å². The number of nitrogens with zero attached hydrogens (tertiary/aromatic N) is 3. The van der Waals surface area contributed by atoms with Crippen molar-refractivity contribution in [3.63, 3.8) is 0 Å². The Morgan fingerprint density at radius 1 is 1.05 bits per heavy atom. The van der Waals surface area contributed by atoms with Gasteiger partial charge in [0.05, 0.1) is 18.0 Å². The van der Waals surface area contributed by atoms with Crippen molar-refractivity contribution in [2.75, 3.05) is 39.3 Å². The maximum Gasteiger partial charge on any atom is 0.410 e. The Morgan fingerprint density at radius 3 is 2.37 bits per heavy atom. The number of ether oxygens (including phenoxy) is 2. The molecule has 5 rings (SSSR count). The number of hydrogen-bond donors (Lipinski definition) is 0. The average Bonchev–Trinajstić information content (AvgIpc) is 3.21. The number of halogens is 1. The fourth-order valence-corrected chi connectivity index (χ4v) is 9.39. The molecule has 41 heavy (non-hydrogen) atoms. The van der Waals surface area contributed by atoms with Gasteiger partial charge >= 0.3 is 12.1 Å². The Bertz CT molecular complexity index is 1500. The Morgan fingerprint density at radius 2 is 1.71 bits per heavy atom. The van der Waals surface area contributed by atoms with Crippen molar-refractivity contribution in [1.29, 1.82) is 0 Å². The highest BCUT2D eigenvalue weighted by molar-refractivity contribution is 8.02. The normalized spacial score (nSPS) is 23.1. The number of sulfonamides is 1. The average molecular weight is 624 g/mol. The summed E-state index contributed by atoms with van der Waals surface area (Å²) in [5.41, 5.74) is -0.609. The molecule has 0 bridgehead atoms. The van der Waals surface area contributed by atoms with Gasteiger partial charge in [0.25, 0.3) is 0 Å². The van der Waals surface area contributed by atoms with Crippen LogP contribution < -0.4 is 0 Å². The third kappa shape index (κ3) is 6.02. The topological polar surface area (TPSA) is 114 Å². The van der Waals surface area contributed by atoms with E-state index in [1.807, 2.05) is 20.8 Å². The zero-order valence-electron chi connectivity index (χ0n) is 23.5. The molecule has 0 N–H and O–H groups in total. The van der Waals surface area contributed by atoms with Crippen LogP contribution in [-0.2, 0) is 29.1 Å². The second kappa shape index (κ2) is 10.6. The fraction of sp³-hybridized carbons (Fsp3) is 0.536. The molecule has 3 aliphatic rings. The van der Waals surface area contributed by atoms with E-state index in [-0.39, 0.29) is 36.6 Å². The van der Waals surface area contributed by atoms with Crippen LogP contribution in [0.2, 0.25) is 5.02 Å². The molecule has 1 atom stereocenters. The van der Waals surface area contributed by atoms with Crippen LogP contribution in [0, 0.1) is 0 Å². The maximum atomic E-state index is 13.9. The van der Waals surface area contributed by atoms with Gasteiger partial charge in [-0.15, -0.1) is 11.8 Å². The van der Waals surface area contributed by atoms with Gasteiger partial charge in [0.2, 0.25) is 15.9 Å². The molecule has 2 amide bonds. The molecule has 0 aromatic heterocycles. The summed E-state index contributed by atoms with van der Waals surface area (Å²) in [6.45, 7) is 7.52. The molecule has 222 valence electrons. The van der Waals surface area contributed by atoms with Crippen molar-refractivity contribution < 1.29 is 32.3 Å². The van der Waals surface area contributed by atoms with E-state index < -0.39 is 31.2 Å².